The van der Waals surface area contributed by atoms with Crippen molar-refractivity contribution < 1.29 is 9.84 Å². The van der Waals surface area contributed by atoms with E-state index in [0.717, 1.165) is 24.6 Å². The lowest BCUT2D eigenvalue weighted by Gasteiger charge is -2.06. The maximum Gasteiger partial charge on any atom is 0.389 e. The van der Waals surface area contributed by atoms with Crippen molar-refractivity contribution in [1.29, 1.82) is 5.39 Å². The number of hydrogen-bond donors (Lipinski definition) is 1. The molecule has 0 atom stereocenters. The fourth-order valence-electron chi connectivity index (χ4n) is 1.44. The quantitative estimate of drug-likeness (QED) is 0.454. The van der Waals surface area contributed by atoms with Gasteiger partial charge in [-0.2, -0.15) is 0 Å². The van der Waals surface area contributed by atoms with Crippen LogP contribution in [0.15, 0.2) is 54.4 Å². The standard InChI is InChI=1S/C14H16N2O2/c1-12(10-18-11-14(17)9-16-15)7-8-13-5-3-2-4-6-13/h2-6,9H,1,7-8,10-11H2/p+1/b14-9+. The molecule has 0 radical (unpaired) electrons. The molecule has 1 N–H and O–H groups in total. The Labute approximate surface area is 107 Å². The average molecular weight is 245 g/mol. The highest BCUT2D eigenvalue weighted by Gasteiger charge is 2.01. The molecule has 0 unspecified atom stereocenters. The molecule has 4 heteroatoms. The number of ether oxygens (including phenoxy) is 1. The number of benzene rings is 1. The topological polar surface area (TPSA) is 57.6 Å². The molecule has 0 fully saturated rings. The SMILES string of the molecule is C=C(CCc1ccccc1)COC/C(O)=C\[N+]#N. The molecule has 0 amide bonds. The zero-order valence-corrected chi connectivity index (χ0v) is 10.2. The molecule has 1 aromatic rings. The van der Waals surface area contributed by atoms with Gasteiger partial charge in [-0.1, -0.05) is 42.5 Å². The molecule has 0 saturated carbocycles. The number of aryl methyl sites for hydroxylation is 1. The summed E-state index contributed by atoms with van der Waals surface area (Å²) in [5.41, 5.74) is 2.23. The third-order valence-corrected chi connectivity index (χ3v) is 2.37. The molecule has 0 spiro atoms. The second-order valence-electron chi connectivity index (χ2n) is 3.96. The van der Waals surface area contributed by atoms with Crippen LogP contribution in [0.4, 0.5) is 0 Å². The number of diazo groups is 1. The van der Waals surface area contributed by atoms with E-state index in [-0.39, 0.29) is 12.4 Å². The molecule has 0 heterocycles. The van der Waals surface area contributed by atoms with Crippen LogP contribution in [0.2, 0.25) is 0 Å². The Morgan fingerprint density at radius 2 is 2.06 bits per heavy atom. The summed E-state index contributed by atoms with van der Waals surface area (Å²) in [5.74, 6) is -0.117. The molecule has 0 aromatic heterocycles. The van der Waals surface area contributed by atoms with Gasteiger partial charge < -0.3 is 9.84 Å². The number of aliphatic hydroxyl groups excluding tert-OH is 1. The number of hydrogen-bond acceptors (Lipinski definition) is 3. The van der Waals surface area contributed by atoms with Gasteiger partial charge >= 0.3 is 6.20 Å². The summed E-state index contributed by atoms with van der Waals surface area (Å²) in [6, 6.07) is 10.2. The lowest BCUT2D eigenvalue weighted by Crippen LogP contribution is -2.02. The third kappa shape index (κ3) is 5.83. The smallest absolute Gasteiger partial charge is 0.389 e. The van der Waals surface area contributed by atoms with E-state index in [0.29, 0.717) is 6.61 Å². The molecule has 0 bridgehead atoms. The summed E-state index contributed by atoms with van der Waals surface area (Å²) in [4.78, 5) is 2.69. The number of aliphatic hydroxyl groups is 1. The normalized spacial score (nSPS) is 10.9. The van der Waals surface area contributed by atoms with Crippen LogP contribution in [0.3, 0.4) is 0 Å². The first-order valence-corrected chi connectivity index (χ1v) is 5.73. The van der Waals surface area contributed by atoms with Gasteiger partial charge in [-0.25, -0.2) is 0 Å². The summed E-state index contributed by atoms with van der Waals surface area (Å²) in [6.07, 6.45) is 2.71. The van der Waals surface area contributed by atoms with E-state index in [9.17, 15) is 0 Å². The maximum atomic E-state index is 9.12. The Bertz CT molecular complexity index is 447. The van der Waals surface area contributed by atoms with Crippen molar-refractivity contribution in [2.45, 2.75) is 12.8 Å². The van der Waals surface area contributed by atoms with E-state index in [1.54, 1.807) is 0 Å². The molecule has 0 aliphatic heterocycles. The van der Waals surface area contributed by atoms with Gasteiger partial charge in [0.05, 0.1) is 6.61 Å². The molecule has 18 heavy (non-hydrogen) atoms. The molecule has 0 aliphatic rings. The van der Waals surface area contributed by atoms with Crippen molar-refractivity contribution in [1.82, 2.24) is 0 Å². The van der Waals surface area contributed by atoms with Crippen LogP contribution in [0, 0.1) is 5.39 Å². The molecule has 1 rings (SSSR count). The van der Waals surface area contributed by atoms with Gasteiger partial charge in [-0.3, -0.25) is 0 Å². The Kier molecular flexibility index (Phi) is 6.23. The predicted molar refractivity (Wildman–Crippen MR) is 70.5 cm³/mol. The van der Waals surface area contributed by atoms with Gasteiger partial charge in [-0.05, 0) is 18.4 Å². The van der Waals surface area contributed by atoms with Crippen molar-refractivity contribution in [2.75, 3.05) is 13.2 Å². The first-order valence-electron chi connectivity index (χ1n) is 5.73. The van der Waals surface area contributed by atoms with Gasteiger partial charge in [-0.15, -0.1) is 0 Å². The molecule has 1 aromatic carbocycles. The summed E-state index contributed by atoms with van der Waals surface area (Å²) in [5, 5.41) is 17.3. The number of nitrogens with zero attached hydrogens (tertiary/aromatic N) is 2. The summed E-state index contributed by atoms with van der Waals surface area (Å²) >= 11 is 0. The first kappa shape index (κ1) is 13.9. The lowest BCUT2D eigenvalue weighted by molar-refractivity contribution is 0.145. The van der Waals surface area contributed by atoms with Crippen molar-refractivity contribution in [2.24, 2.45) is 0 Å². The first-order chi connectivity index (χ1) is 8.72. The van der Waals surface area contributed by atoms with Crippen LogP contribution in [-0.4, -0.2) is 18.3 Å². The summed E-state index contributed by atoms with van der Waals surface area (Å²) < 4.78 is 5.21. The van der Waals surface area contributed by atoms with Crippen LogP contribution in [0.25, 0.3) is 4.98 Å². The van der Waals surface area contributed by atoms with E-state index < -0.39 is 0 Å². The molecular formula is C14H17N2O2+. The van der Waals surface area contributed by atoms with Crippen molar-refractivity contribution in [3.63, 3.8) is 0 Å². The van der Waals surface area contributed by atoms with Crippen molar-refractivity contribution >= 4 is 0 Å². The van der Waals surface area contributed by atoms with E-state index in [2.05, 4.69) is 23.7 Å². The second-order valence-corrected chi connectivity index (χ2v) is 3.96. The average Bonchev–Trinajstić information content (AvgIpc) is 2.38. The van der Waals surface area contributed by atoms with Crippen LogP contribution >= 0.6 is 0 Å². The minimum Gasteiger partial charge on any atom is -0.504 e. The highest BCUT2D eigenvalue weighted by Crippen LogP contribution is 2.08. The molecule has 94 valence electrons. The molecular weight excluding hydrogens is 228 g/mol. The fraction of sp³-hybridized carbons (Fsp3) is 0.286. The Morgan fingerprint density at radius 3 is 2.72 bits per heavy atom. The van der Waals surface area contributed by atoms with E-state index in [1.807, 2.05) is 18.2 Å². The van der Waals surface area contributed by atoms with E-state index >= 15 is 0 Å². The van der Waals surface area contributed by atoms with Gasteiger partial charge in [0.25, 0.3) is 0 Å². The minimum absolute atomic E-state index is 0.0222. The largest absolute Gasteiger partial charge is 0.504 e. The predicted octanol–water partition coefficient (Wildman–Crippen LogP) is 3.44. The van der Waals surface area contributed by atoms with Crippen LogP contribution in [0.1, 0.15) is 12.0 Å². The lowest BCUT2D eigenvalue weighted by atomic mass is 10.1. The zero-order chi connectivity index (χ0) is 13.2. The third-order valence-electron chi connectivity index (χ3n) is 2.37. The van der Waals surface area contributed by atoms with Crippen LogP contribution in [0.5, 0.6) is 0 Å². The second kappa shape index (κ2) is 8.04. The fourth-order valence-corrected chi connectivity index (χ4v) is 1.44. The highest BCUT2D eigenvalue weighted by molar-refractivity contribution is 5.16. The van der Waals surface area contributed by atoms with Gasteiger partial charge in [0, 0.05) is 0 Å². The Balaban J connectivity index is 2.19. The van der Waals surface area contributed by atoms with Crippen LogP contribution < -0.4 is 0 Å². The monoisotopic (exact) mass is 245 g/mol. The highest BCUT2D eigenvalue weighted by atomic mass is 16.5. The zero-order valence-electron chi connectivity index (χ0n) is 10.2. The van der Waals surface area contributed by atoms with Crippen LogP contribution in [-0.2, 0) is 11.2 Å². The van der Waals surface area contributed by atoms with Gasteiger partial charge in [0.1, 0.15) is 6.61 Å². The summed E-state index contributed by atoms with van der Waals surface area (Å²) in [7, 11) is 0. The molecule has 0 aliphatic carbocycles. The number of rotatable bonds is 7. The Hall–Kier alpha value is -2.12. The van der Waals surface area contributed by atoms with Crippen molar-refractivity contribution in [3.05, 3.63) is 65.0 Å². The van der Waals surface area contributed by atoms with Gasteiger partial charge in [0.2, 0.25) is 11.2 Å². The minimum atomic E-state index is -0.117. The maximum absolute atomic E-state index is 9.12. The molecule has 4 nitrogen and oxygen atoms in total. The van der Waals surface area contributed by atoms with Crippen molar-refractivity contribution in [3.8, 4) is 0 Å². The molecule has 0 saturated heterocycles. The van der Waals surface area contributed by atoms with E-state index in [4.69, 9.17) is 15.2 Å². The van der Waals surface area contributed by atoms with Gasteiger partial charge in [0.15, 0.2) is 4.98 Å². The Morgan fingerprint density at radius 1 is 1.33 bits per heavy atom. The van der Waals surface area contributed by atoms with E-state index in [1.165, 1.54) is 5.56 Å². The summed E-state index contributed by atoms with van der Waals surface area (Å²) in [6.45, 7) is 4.32.